The van der Waals surface area contributed by atoms with E-state index in [1.165, 1.54) is 12.8 Å². The summed E-state index contributed by atoms with van der Waals surface area (Å²) in [4.78, 5) is 0. The van der Waals surface area contributed by atoms with Gasteiger partial charge in [0.1, 0.15) is 6.61 Å². The Balaban J connectivity index is 2.12. The highest BCUT2D eigenvalue weighted by Gasteiger charge is 2.21. The lowest BCUT2D eigenvalue weighted by molar-refractivity contribution is 0.290. The molecule has 1 aliphatic rings. The number of rotatable bonds is 8. The summed E-state index contributed by atoms with van der Waals surface area (Å²) in [5.41, 5.74) is 3.66. The molecule has 4 heteroatoms. The quantitative estimate of drug-likeness (QED) is 0.790. The lowest BCUT2D eigenvalue weighted by atomic mass is 10.1. The Hall–Kier alpha value is -1.19. The largest absolute Gasteiger partial charge is 0.490 e. The van der Waals surface area contributed by atoms with Crippen molar-refractivity contribution in [3.05, 3.63) is 34.9 Å². The summed E-state index contributed by atoms with van der Waals surface area (Å²) in [6, 6.07) is 6.70. The van der Waals surface area contributed by atoms with E-state index in [0.717, 1.165) is 29.2 Å². The van der Waals surface area contributed by atoms with E-state index >= 15 is 0 Å². The molecule has 110 valence electrons. The summed E-state index contributed by atoms with van der Waals surface area (Å²) >= 11 is 5.68. The molecular weight excluding hydrogens is 274 g/mol. The highest BCUT2D eigenvalue weighted by atomic mass is 35.5. The number of para-hydroxylation sites is 1. The molecule has 0 radical (unpaired) electrons. The number of hydrogen-bond donors (Lipinski definition) is 1. The van der Waals surface area contributed by atoms with Crippen LogP contribution in [0.15, 0.2) is 29.3 Å². The maximum atomic E-state index is 5.91. The standard InChI is InChI=1S/C16H22ClNO2/c1-3-19-15-6-4-5-13(10-18-14-7-8-14)16(15)20-11-12(2)9-17/h4-6,9,14,18H,3,7-8,10-11H2,1-2H3/b12-9+. The van der Waals surface area contributed by atoms with Crippen LogP contribution < -0.4 is 14.8 Å². The van der Waals surface area contributed by atoms with E-state index in [1.54, 1.807) is 5.54 Å². The lowest BCUT2D eigenvalue weighted by Gasteiger charge is -2.16. The highest BCUT2D eigenvalue weighted by molar-refractivity contribution is 6.25. The molecule has 0 aromatic heterocycles. The molecule has 0 aliphatic heterocycles. The maximum Gasteiger partial charge on any atom is 0.166 e. The van der Waals surface area contributed by atoms with Gasteiger partial charge in [-0.25, -0.2) is 0 Å². The van der Waals surface area contributed by atoms with Gasteiger partial charge in [-0.2, -0.15) is 0 Å². The molecule has 0 atom stereocenters. The van der Waals surface area contributed by atoms with Crippen molar-refractivity contribution in [2.45, 2.75) is 39.3 Å². The van der Waals surface area contributed by atoms with Crippen LogP contribution in [0.4, 0.5) is 0 Å². The van der Waals surface area contributed by atoms with Crippen LogP contribution in [-0.4, -0.2) is 19.3 Å². The molecule has 0 saturated heterocycles. The molecular formula is C16H22ClNO2. The molecule has 1 aromatic rings. The Morgan fingerprint density at radius 1 is 1.40 bits per heavy atom. The van der Waals surface area contributed by atoms with E-state index in [0.29, 0.717) is 19.3 Å². The molecule has 0 amide bonds. The van der Waals surface area contributed by atoms with Crippen LogP contribution in [0.25, 0.3) is 0 Å². The predicted molar refractivity (Wildman–Crippen MR) is 82.6 cm³/mol. The van der Waals surface area contributed by atoms with Gasteiger partial charge in [-0.05, 0) is 38.3 Å². The van der Waals surface area contributed by atoms with Crippen molar-refractivity contribution in [2.75, 3.05) is 13.2 Å². The van der Waals surface area contributed by atoms with Crippen LogP contribution in [0.2, 0.25) is 0 Å². The molecule has 0 unspecified atom stereocenters. The molecule has 1 N–H and O–H groups in total. The molecule has 0 spiro atoms. The van der Waals surface area contributed by atoms with Gasteiger partial charge in [0, 0.05) is 23.7 Å². The number of ether oxygens (including phenoxy) is 2. The van der Waals surface area contributed by atoms with Crippen LogP contribution >= 0.6 is 11.6 Å². The Morgan fingerprint density at radius 2 is 2.20 bits per heavy atom. The Kier molecular flexibility index (Phi) is 5.74. The van der Waals surface area contributed by atoms with E-state index in [1.807, 2.05) is 26.0 Å². The van der Waals surface area contributed by atoms with Crippen LogP contribution in [0.1, 0.15) is 32.3 Å². The fourth-order valence-corrected chi connectivity index (χ4v) is 1.96. The van der Waals surface area contributed by atoms with E-state index in [2.05, 4.69) is 11.4 Å². The lowest BCUT2D eigenvalue weighted by Crippen LogP contribution is -2.16. The zero-order chi connectivity index (χ0) is 14.4. The van der Waals surface area contributed by atoms with Gasteiger partial charge < -0.3 is 14.8 Å². The van der Waals surface area contributed by atoms with Gasteiger partial charge in [-0.15, -0.1) is 0 Å². The third-order valence-electron chi connectivity index (χ3n) is 3.15. The number of nitrogens with one attached hydrogen (secondary N) is 1. The highest BCUT2D eigenvalue weighted by Crippen LogP contribution is 2.32. The molecule has 1 aromatic carbocycles. The van der Waals surface area contributed by atoms with Crippen LogP contribution in [0.3, 0.4) is 0 Å². The monoisotopic (exact) mass is 295 g/mol. The summed E-state index contributed by atoms with van der Waals surface area (Å²) in [7, 11) is 0. The van der Waals surface area contributed by atoms with Crippen molar-refractivity contribution in [3.63, 3.8) is 0 Å². The normalized spacial score (nSPS) is 15.2. The van der Waals surface area contributed by atoms with Gasteiger partial charge in [0.25, 0.3) is 0 Å². The second-order valence-electron chi connectivity index (χ2n) is 5.08. The van der Waals surface area contributed by atoms with Gasteiger partial charge in [0.05, 0.1) is 6.61 Å². The van der Waals surface area contributed by atoms with Gasteiger partial charge in [-0.1, -0.05) is 23.7 Å². The summed E-state index contributed by atoms with van der Waals surface area (Å²) in [5.74, 6) is 1.62. The minimum Gasteiger partial charge on any atom is -0.490 e. The third kappa shape index (κ3) is 4.43. The summed E-state index contributed by atoms with van der Waals surface area (Å²) in [5, 5.41) is 3.51. The molecule has 3 nitrogen and oxygen atoms in total. The van der Waals surface area contributed by atoms with Crippen molar-refractivity contribution in [3.8, 4) is 11.5 Å². The van der Waals surface area contributed by atoms with E-state index in [9.17, 15) is 0 Å². The van der Waals surface area contributed by atoms with Crippen molar-refractivity contribution < 1.29 is 9.47 Å². The second kappa shape index (κ2) is 7.55. The Morgan fingerprint density at radius 3 is 2.85 bits per heavy atom. The number of hydrogen-bond acceptors (Lipinski definition) is 3. The Bertz CT molecular complexity index is 470. The van der Waals surface area contributed by atoms with E-state index in [4.69, 9.17) is 21.1 Å². The van der Waals surface area contributed by atoms with Crippen molar-refractivity contribution in [1.29, 1.82) is 0 Å². The van der Waals surface area contributed by atoms with Gasteiger partial charge in [0.15, 0.2) is 11.5 Å². The number of halogens is 1. The predicted octanol–water partition coefficient (Wildman–Crippen LogP) is 3.86. The topological polar surface area (TPSA) is 30.5 Å². The first kappa shape index (κ1) is 15.2. The molecule has 1 saturated carbocycles. The molecule has 1 aliphatic carbocycles. The minimum absolute atomic E-state index is 0.476. The van der Waals surface area contributed by atoms with Crippen molar-refractivity contribution >= 4 is 11.6 Å². The number of benzene rings is 1. The minimum atomic E-state index is 0.476. The molecule has 1 fully saturated rings. The molecule has 0 bridgehead atoms. The summed E-state index contributed by atoms with van der Waals surface area (Å²) in [6.45, 7) is 5.83. The van der Waals surface area contributed by atoms with E-state index < -0.39 is 0 Å². The van der Waals surface area contributed by atoms with Crippen molar-refractivity contribution in [2.24, 2.45) is 0 Å². The average molecular weight is 296 g/mol. The van der Waals surface area contributed by atoms with Gasteiger partial charge >= 0.3 is 0 Å². The summed E-state index contributed by atoms with van der Waals surface area (Å²) < 4.78 is 11.6. The fraction of sp³-hybridized carbons (Fsp3) is 0.500. The zero-order valence-electron chi connectivity index (χ0n) is 12.1. The van der Waals surface area contributed by atoms with Crippen molar-refractivity contribution in [1.82, 2.24) is 5.32 Å². The SMILES string of the molecule is CCOc1cccc(CNC2CC2)c1OC/C(C)=C/Cl. The van der Waals surface area contributed by atoms with Gasteiger partial charge in [0.2, 0.25) is 0 Å². The molecule has 2 rings (SSSR count). The smallest absolute Gasteiger partial charge is 0.166 e. The molecule has 0 heterocycles. The Labute approximate surface area is 125 Å². The van der Waals surface area contributed by atoms with Crippen LogP contribution in [0.5, 0.6) is 11.5 Å². The zero-order valence-corrected chi connectivity index (χ0v) is 12.9. The first-order chi connectivity index (χ1) is 9.74. The fourth-order valence-electron chi connectivity index (χ4n) is 1.89. The maximum absolute atomic E-state index is 5.91. The molecule has 20 heavy (non-hydrogen) atoms. The van der Waals surface area contributed by atoms with E-state index in [-0.39, 0.29) is 0 Å². The first-order valence-electron chi connectivity index (χ1n) is 7.11. The van der Waals surface area contributed by atoms with Gasteiger partial charge in [-0.3, -0.25) is 0 Å². The van der Waals surface area contributed by atoms with Crippen LogP contribution in [-0.2, 0) is 6.54 Å². The third-order valence-corrected chi connectivity index (χ3v) is 3.52. The average Bonchev–Trinajstić information content (AvgIpc) is 3.28. The summed E-state index contributed by atoms with van der Waals surface area (Å²) in [6.07, 6.45) is 2.55. The second-order valence-corrected chi connectivity index (χ2v) is 5.29. The first-order valence-corrected chi connectivity index (χ1v) is 7.55. The van der Waals surface area contributed by atoms with Crippen LogP contribution in [0, 0.1) is 0 Å².